The van der Waals surface area contributed by atoms with Crippen molar-refractivity contribution >= 4 is 18.5 Å². The summed E-state index contributed by atoms with van der Waals surface area (Å²) < 4.78 is 0. The summed E-state index contributed by atoms with van der Waals surface area (Å²) in [5, 5.41) is 0. The van der Waals surface area contributed by atoms with E-state index in [2.05, 4.69) is 55.4 Å². The zero-order valence-corrected chi connectivity index (χ0v) is 8.92. The molecule has 1 aromatic carbocycles. The molecule has 0 saturated heterocycles. The summed E-state index contributed by atoms with van der Waals surface area (Å²) in [5.41, 5.74) is 1.26. The summed E-state index contributed by atoms with van der Waals surface area (Å²) in [7, 11) is 4.13. The van der Waals surface area contributed by atoms with Crippen molar-refractivity contribution in [1.29, 1.82) is 0 Å². The standard InChI is InChI=1S/C11H15N.ClH/c1-12(2)10-6-9-11-7-4-3-5-8-11;/h3-9H,10H2,1-2H3;1H. The molecule has 1 rings (SSSR count). The predicted octanol–water partition coefficient (Wildman–Crippen LogP) is 2.68. The number of hydrogen-bond acceptors (Lipinski definition) is 1. The van der Waals surface area contributed by atoms with Crippen LogP contribution in [0.5, 0.6) is 0 Å². The van der Waals surface area contributed by atoms with Crippen LogP contribution < -0.4 is 0 Å². The minimum Gasteiger partial charge on any atom is -0.306 e. The lowest BCUT2D eigenvalue weighted by Gasteiger charge is -2.03. The highest BCUT2D eigenvalue weighted by Gasteiger charge is 1.83. The van der Waals surface area contributed by atoms with Crippen molar-refractivity contribution in [2.75, 3.05) is 20.6 Å². The fraction of sp³-hybridized carbons (Fsp3) is 0.273. The van der Waals surface area contributed by atoms with Gasteiger partial charge in [0.1, 0.15) is 0 Å². The highest BCUT2D eigenvalue weighted by Crippen LogP contribution is 2.00. The number of likely N-dealkylation sites (N-methyl/N-ethyl adjacent to an activating group) is 1. The normalized spacial score (nSPS) is 10.4. The van der Waals surface area contributed by atoms with Crippen LogP contribution >= 0.6 is 12.4 Å². The Labute approximate surface area is 86.5 Å². The number of halogens is 1. The molecule has 0 N–H and O–H groups in total. The van der Waals surface area contributed by atoms with Gasteiger partial charge < -0.3 is 4.90 Å². The van der Waals surface area contributed by atoms with Gasteiger partial charge in [0.2, 0.25) is 0 Å². The molecule has 0 amide bonds. The van der Waals surface area contributed by atoms with Crippen molar-refractivity contribution in [2.24, 2.45) is 0 Å². The van der Waals surface area contributed by atoms with E-state index >= 15 is 0 Å². The molecule has 13 heavy (non-hydrogen) atoms. The Balaban J connectivity index is 0.00000144. The maximum Gasteiger partial charge on any atom is 0.0160 e. The van der Waals surface area contributed by atoms with E-state index in [9.17, 15) is 0 Å². The Bertz CT molecular complexity index is 242. The number of nitrogens with zero attached hydrogens (tertiary/aromatic N) is 1. The Kier molecular flexibility index (Phi) is 6.29. The van der Waals surface area contributed by atoms with Crippen LogP contribution in [0.25, 0.3) is 6.08 Å². The summed E-state index contributed by atoms with van der Waals surface area (Å²) >= 11 is 0. The van der Waals surface area contributed by atoms with E-state index in [0.717, 1.165) is 6.54 Å². The Morgan fingerprint density at radius 2 is 1.77 bits per heavy atom. The van der Waals surface area contributed by atoms with Crippen molar-refractivity contribution in [1.82, 2.24) is 4.90 Å². The lowest BCUT2D eigenvalue weighted by Crippen LogP contribution is -2.10. The van der Waals surface area contributed by atoms with Gasteiger partial charge >= 0.3 is 0 Å². The maximum atomic E-state index is 2.16. The average Bonchev–Trinajstić information content (AvgIpc) is 2.05. The van der Waals surface area contributed by atoms with Crippen molar-refractivity contribution < 1.29 is 0 Å². The second kappa shape index (κ2) is 6.70. The fourth-order valence-corrected chi connectivity index (χ4v) is 0.964. The minimum absolute atomic E-state index is 0. The monoisotopic (exact) mass is 197 g/mol. The molecule has 72 valence electrons. The first kappa shape index (κ1) is 12.2. The van der Waals surface area contributed by atoms with Crippen LogP contribution in [0.4, 0.5) is 0 Å². The third-order valence-corrected chi connectivity index (χ3v) is 1.58. The highest BCUT2D eigenvalue weighted by molar-refractivity contribution is 5.85. The quantitative estimate of drug-likeness (QED) is 0.720. The number of hydrogen-bond donors (Lipinski definition) is 0. The molecule has 0 radical (unpaired) electrons. The van der Waals surface area contributed by atoms with Crippen LogP contribution in [-0.4, -0.2) is 25.5 Å². The van der Waals surface area contributed by atoms with Crippen LogP contribution in [0.15, 0.2) is 36.4 Å². The minimum atomic E-state index is 0. The molecule has 0 unspecified atom stereocenters. The first-order valence-corrected chi connectivity index (χ1v) is 4.15. The lowest BCUT2D eigenvalue weighted by molar-refractivity contribution is 0.457. The van der Waals surface area contributed by atoms with Gasteiger partial charge in [0, 0.05) is 6.54 Å². The molecule has 0 aliphatic heterocycles. The Hall–Kier alpha value is -0.790. The Morgan fingerprint density at radius 1 is 1.15 bits per heavy atom. The van der Waals surface area contributed by atoms with Gasteiger partial charge in [-0.1, -0.05) is 42.5 Å². The molecule has 0 atom stereocenters. The van der Waals surface area contributed by atoms with E-state index in [1.807, 2.05) is 6.07 Å². The van der Waals surface area contributed by atoms with Crippen LogP contribution in [0.1, 0.15) is 5.56 Å². The topological polar surface area (TPSA) is 3.24 Å². The zero-order chi connectivity index (χ0) is 8.81. The molecule has 0 saturated carbocycles. The molecular formula is C11H16ClN. The molecule has 1 aromatic rings. The molecule has 0 heterocycles. The van der Waals surface area contributed by atoms with Gasteiger partial charge in [0.15, 0.2) is 0 Å². The third kappa shape index (κ3) is 5.45. The van der Waals surface area contributed by atoms with Gasteiger partial charge in [-0.05, 0) is 19.7 Å². The van der Waals surface area contributed by atoms with Crippen molar-refractivity contribution in [2.45, 2.75) is 0 Å². The summed E-state index contributed by atoms with van der Waals surface area (Å²) in [5.74, 6) is 0. The van der Waals surface area contributed by atoms with Gasteiger partial charge in [-0.2, -0.15) is 0 Å². The highest BCUT2D eigenvalue weighted by atomic mass is 35.5. The summed E-state index contributed by atoms with van der Waals surface area (Å²) in [4.78, 5) is 2.14. The van der Waals surface area contributed by atoms with E-state index in [0.29, 0.717) is 0 Å². The maximum absolute atomic E-state index is 2.16. The second-order valence-electron chi connectivity index (χ2n) is 3.08. The molecule has 0 bridgehead atoms. The number of rotatable bonds is 3. The second-order valence-corrected chi connectivity index (χ2v) is 3.08. The van der Waals surface area contributed by atoms with Crippen molar-refractivity contribution in [3.05, 3.63) is 42.0 Å². The Morgan fingerprint density at radius 3 is 2.31 bits per heavy atom. The fourth-order valence-electron chi connectivity index (χ4n) is 0.964. The van der Waals surface area contributed by atoms with Gasteiger partial charge in [-0.3, -0.25) is 0 Å². The van der Waals surface area contributed by atoms with Crippen LogP contribution in [0.2, 0.25) is 0 Å². The van der Waals surface area contributed by atoms with Crippen molar-refractivity contribution in [3.8, 4) is 0 Å². The smallest absolute Gasteiger partial charge is 0.0160 e. The molecule has 1 nitrogen and oxygen atoms in total. The van der Waals surface area contributed by atoms with Crippen LogP contribution in [-0.2, 0) is 0 Å². The van der Waals surface area contributed by atoms with E-state index < -0.39 is 0 Å². The zero-order valence-electron chi connectivity index (χ0n) is 8.10. The first-order valence-electron chi connectivity index (χ1n) is 4.15. The van der Waals surface area contributed by atoms with E-state index in [1.54, 1.807) is 0 Å². The first-order chi connectivity index (χ1) is 5.79. The molecule has 0 aromatic heterocycles. The van der Waals surface area contributed by atoms with E-state index in [4.69, 9.17) is 0 Å². The molecule has 0 aliphatic rings. The third-order valence-electron chi connectivity index (χ3n) is 1.58. The summed E-state index contributed by atoms with van der Waals surface area (Å²) in [6, 6.07) is 10.3. The number of benzene rings is 1. The molecule has 2 heteroatoms. The molecular weight excluding hydrogens is 182 g/mol. The van der Waals surface area contributed by atoms with Crippen molar-refractivity contribution in [3.63, 3.8) is 0 Å². The molecule has 0 spiro atoms. The van der Waals surface area contributed by atoms with Gasteiger partial charge in [0.25, 0.3) is 0 Å². The molecule has 0 fully saturated rings. The van der Waals surface area contributed by atoms with E-state index in [1.165, 1.54) is 5.56 Å². The lowest BCUT2D eigenvalue weighted by atomic mass is 10.2. The SMILES string of the molecule is CN(C)CC=Cc1ccccc1.Cl. The van der Waals surface area contributed by atoms with Gasteiger partial charge in [0.05, 0.1) is 0 Å². The summed E-state index contributed by atoms with van der Waals surface area (Å²) in [6.07, 6.45) is 4.30. The van der Waals surface area contributed by atoms with Crippen LogP contribution in [0.3, 0.4) is 0 Å². The molecule has 0 aliphatic carbocycles. The predicted molar refractivity (Wildman–Crippen MR) is 61.3 cm³/mol. The average molecular weight is 198 g/mol. The van der Waals surface area contributed by atoms with Gasteiger partial charge in [-0.25, -0.2) is 0 Å². The van der Waals surface area contributed by atoms with Gasteiger partial charge in [-0.15, -0.1) is 12.4 Å². The largest absolute Gasteiger partial charge is 0.306 e. The summed E-state index contributed by atoms with van der Waals surface area (Å²) in [6.45, 7) is 0.995. The van der Waals surface area contributed by atoms with E-state index in [-0.39, 0.29) is 12.4 Å². The van der Waals surface area contributed by atoms with Crippen LogP contribution in [0, 0.1) is 0 Å².